The summed E-state index contributed by atoms with van der Waals surface area (Å²) in [6.45, 7) is 18.5. The van der Waals surface area contributed by atoms with E-state index in [0.717, 1.165) is 19.4 Å². The molecule has 0 aliphatic carbocycles. The van der Waals surface area contributed by atoms with Crippen LogP contribution in [-0.4, -0.2) is 5.25 Å². The van der Waals surface area contributed by atoms with Gasteiger partial charge in [-0.1, -0.05) is 81.0 Å². The molecule has 0 amide bonds. The number of allylic oxidation sites excluding steroid dienone is 1. The maximum atomic E-state index is 4.07. The molecule has 3 atom stereocenters. The van der Waals surface area contributed by atoms with Gasteiger partial charge in [-0.25, -0.2) is 0 Å². The molecule has 1 aliphatic rings. The van der Waals surface area contributed by atoms with Gasteiger partial charge in [0.2, 0.25) is 0 Å². The molecule has 32 heavy (non-hydrogen) atoms. The Labute approximate surface area is 200 Å². The number of benzene rings is 2. The molecule has 0 aromatic heterocycles. The van der Waals surface area contributed by atoms with E-state index in [2.05, 4.69) is 107 Å². The molecule has 2 aromatic rings. The van der Waals surface area contributed by atoms with Crippen molar-refractivity contribution in [3.63, 3.8) is 0 Å². The topological polar surface area (TPSA) is 3.24 Å². The summed E-state index contributed by atoms with van der Waals surface area (Å²) in [4.78, 5) is 3.73. The molecule has 0 N–H and O–H groups in total. The zero-order chi connectivity index (χ0) is 23.3. The van der Waals surface area contributed by atoms with Crippen LogP contribution in [0.2, 0.25) is 0 Å². The Hall–Kier alpha value is -2.15. The molecule has 1 nitrogen and oxygen atoms in total. The number of thioether (sulfide) groups is 1. The highest BCUT2D eigenvalue weighted by atomic mass is 32.2. The van der Waals surface area contributed by atoms with Gasteiger partial charge < -0.3 is 4.90 Å². The first kappa shape index (κ1) is 24.5. The number of aryl methyl sites for hydroxylation is 4. The molecule has 170 valence electrons. The summed E-state index contributed by atoms with van der Waals surface area (Å²) in [6, 6.07) is 13.7. The van der Waals surface area contributed by atoms with E-state index in [9.17, 15) is 0 Å². The van der Waals surface area contributed by atoms with Gasteiger partial charge in [0.15, 0.2) is 0 Å². The Morgan fingerprint density at radius 1 is 1.06 bits per heavy atom. The second-order valence-electron chi connectivity index (χ2n) is 9.50. The number of anilines is 1. The van der Waals surface area contributed by atoms with E-state index in [1.165, 1.54) is 44.8 Å². The van der Waals surface area contributed by atoms with Gasteiger partial charge in [-0.15, -0.1) is 18.3 Å². The summed E-state index contributed by atoms with van der Waals surface area (Å²) in [6.07, 6.45) is 7.72. The van der Waals surface area contributed by atoms with Gasteiger partial charge in [-0.05, 0) is 67.7 Å². The van der Waals surface area contributed by atoms with Gasteiger partial charge in [0.25, 0.3) is 0 Å². The lowest BCUT2D eigenvalue weighted by Crippen LogP contribution is -2.24. The Bertz CT molecular complexity index is 971. The number of rotatable bonds is 7. The predicted octanol–water partition coefficient (Wildman–Crippen LogP) is 8.53. The minimum Gasteiger partial charge on any atom is -0.336 e. The summed E-state index contributed by atoms with van der Waals surface area (Å²) >= 11 is 1.93. The minimum absolute atomic E-state index is 0.469. The Kier molecular flexibility index (Phi) is 8.51. The Morgan fingerprint density at radius 2 is 1.69 bits per heavy atom. The highest BCUT2D eigenvalue weighted by molar-refractivity contribution is 8.03. The summed E-state index contributed by atoms with van der Waals surface area (Å²) in [7, 11) is 0. The third-order valence-corrected chi connectivity index (χ3v) is 8.12. The van der Waals surface area contributed by atoms with Gasteiger partial charge in [0, 0.05) is 28.6 Å². The van der Waals surface area contributed by atoms with E-state index in [4.69, 9.17) is 0 Å². The van der Waals surface area contributed by atoms with Crippen LogP contribution in [0.15, 0.2) is 65.9 Å². The van der Waals surface area contributed by atoms with Crippen LogP contribution >= 0.6 is 11.8 Å². The van der Waals surface area contributed by atoms with Crippen molar-refractivity contribution in [3.05, 3.63) is 93.7 Å². The molecule has 0 bridgehead atoms. The average Bonchev–Trinajstić information content (AvgIpc) is 2.75. The second kappa shape index (κ2) is 11.1. The van der Waals surface area contributed by atoms with Crippen LogP contribution < -0.4 is 4.90 Å². The van der Waals surface area contributed by atoms with Gasteiger partial charge in [-0.3, -0.25) is 0 Å². The smallest absolute Gasteiger partial charge is 0.0482 e. The zero-order valence-corrected chi connectivity index (χ0v) is 21.6. The molecular weight excluding hydrogens is 406 g/mol. The van der Waals surface area contributed by atoms with Crippen LogP contribution in [-0.2, 0) is 13.0 Å². The molecule has 1 aliphatic heterocycles. The van der Waals surface area contributed by atoms with Crippen molar-refractivity contribution in [1.29, 1.82) is 0 Å². The lowest BCUT2D eigenvalue weighted by Gasteiger charge is -2.32. The van der Waals surface area contributed by atoms with Crippen molar-refractivity contribution < 1.29 is 0 Å². The molecule has 0 saturated carbocycles. The minimum atomic E-state index is 0.469. The third-order valence-electron chi connectivity index (χ3n) is 6.65. The number of nitrogens with zero attached hydrogens (tertiary/aromatic N) is 1. The fourth-order valence-corrected chi connectivity index (χ4v) is 6.13. The first-order valence-corrected chi connectivity index (χ1v) is 12.9. The summed E-state index contributed by atoms with van der Waals surface area (Å²) < 4.78 is 0. The fraction of sp³-hybridized carbons (Fsp3) is 0.433. The van der Waals surface area contributed by atoms with Crippen molar-refractivity contribution in [2.75, 3.05) is 4.90 Å². The summed E-state index contributed by atoms with van der Waals surface area (Å²) in [5.74, 6) is 1.31. The highest BCUT2D eigenvalue weighted by Crippen LogP contribution is 2.42. The van der Waals surface area contributed by atoms with E-state index in [0.29, 0.717) is 17.1 Å². The standard InChI is InChI=1S/C30H39NS/c1-8-10-26-11-13-27(14-12-26)20-31(30-23(5)17-21(3)18-24(30)6)16-15-28-19-22(4)25(7)29(9-2)32-28/h9,11-14,16-18,22,25,29H,2,8,10,19-20H2,1,3-7H3. The first-order valence-electron chi connectivity index (χ1n) is 12.0. The quantitative estimate of drug-likeness (QED) is 0.310. The van der Waals surface area contributed by atoms with Crippen LogP contribution in [0, 0.1) is 32.6 Å². The lowest BCUT2D eigenvalue weighted by atomic mass is 9.89. The maximum absolute atomic E-state index is 4.07. The third kappa shape index (κ3) is 6.00. The molecule has 1 fully saturated rings. The van der Waals surface area contributed by atoms with E-state index < -0.39 is 0 Å². The first-order chi connectivity index (χ1) is 15.3. The molecule has 0 spiro atoms. The summed E-state index contributed by atoms with van der Waals surface area (Å²) in [5, 5.41) is 0.469. The van der Waals surface area contributed by atoms with Crippen molar-refractivity contribution in [1.82, 2.24) is 0 Å². The molecule has 0 radical (unpaired) electrons. The van der Waals surface area contributed by atoms with Crippen LogP contribution in [0.5, 0.6) is 0 Å². The van der Waals surface area contributed by atoms with Crippen molar-refractivity contribution in [2.45, 2.75) is 72.6 Å². The van der Waals surface area contributed by atoms with Gasteiger partial charge in [0.05, 0.1) is 0 Å². The SMILES string of the molecule is C=CC1SC(=C=CN(Cc2ccc(CCC)cc2)c2c(C)cc(C)cc2C)CC(C)C1C. The van der Waals surface area contributed by atoms with Gasteiger partial charge in [-0.2, -0.15) is 0 Å². The summed E-state index contributed by atoms with van der Waals surface area (Å²) in [5.41, 5.74) is 11.7. The molecular formula is C30H39NS. The number of hydrogen-bond donors (Lipinski definition) is 0. The molecule has 1 saturated heterocycles. The van der Waals surface area contributed by atoms with E-state index >= 15 is 0 Å². The second-order valence-corrected chi connectivity index (χ2v) is 10.8. The highest BCUT2D eigenvalue weighted by Gasteiger charge is 2.28. The molecule has 3 rings (SSSR count). The molecule has 1 heterocycles. The fourth-order valence-electron chi connectivity index (χ4n) is 4.74. The normalized spacial score (nSPS) is 20.6. The predicted molar refractivity (Wildman–Crippen MR) is 143 cm³/mol. The lowest BCUT2D eigenvalue weighted by molar-refractivity contribution is 0.391. The van der Waals surface area contributed by atoms with Crippen molar-refractivity contribution >= 4 is 17.4 Å². The van der Waals surface area contributed by atoms with Crippen LogP contribution in [0.1, 0.15) is 61.4 Å². The molecule has 2 aromatic carbocycles. The number of hydrogen-bond acceptors (Lipinski definition) is 2. The van der Waals surface area contributed by atoms with E-state index in [1.807, 2.05) is 11.8 Å². The Morgan fingerprint density at radius 3 is 2.28 bits per heavy atom. The monoisotopic (exact) mass is 445 g/mol. The van der Waals surface area contributed by atoms with Crippen LogP contribution in [0.25, 0.3) is 0 Å². The van der Waals surface area contributed by atoms with E-state index in [1.54, 1.807) is 0 Å². The Balaban J connectivity index is 1.97. The van der Waals surface area contributed by atoms with E-state index in [-0.39, 0.29) is 0 Å². The van der Waals surface area contributed by atoms with Crippen LogP contribution in [0.3, 0.4) is 0 Å². The maximum Gasteiger partial charge on any atom is 0.0482 e. The average molecular weight is 446 g/mol. The zero-order valence-electron chi connectivity index (χ0n) is 20.7. The molecule has 3 unspecified atom stereocenters. The van der Waals surface area contributed by atoms with Gasteiger partial charge >= 0.3 is 0 Å². The van der Waals surface area contributed by atoms with Crippen LogP contribution in [0.4, 0.5) is 5.69 Å². The van der Waals surface area contributed by atoms with Gasteiger partial charge in [0.1, 0.15) is 0 Å². The van der Waals surface area contributed by atoms with Crippen molar-refractivity contribution in [2.24, 2.45) is 11.8 Å². The van der Waals surface area contributed by atoms with Crippen molar-refractivity contribution in [3.8, 4) is 0 Å². The molecule has 2 heteroatoms. The largest absolute Gasteiger partial charge is 0.336 e.